The fourth-order valence-corrected chi connectivity index (χ4v) is 2.70. The first-order valence-corrected chi connectivity index (χ1v) is 7.32. The van der Waals surface area contributed by atoms with E-state index in [-0.39, 0.29) is 0 Å². The molecule has 0 bridgehead atoms. The summed E-state index contributed by atoms with van der Waals surface area (Å²) in [6.07, 6.45) is 6.04. The third-order valence-electron chi connectivity index (χ3n) is 4.04. The molecule has 1 atom stereocenters. The normalized spacial score (nSPS) is 16.2. The Morgan fingerprint density at radius 3 is 2.63 bits per heavy atom. The van der Waals surface area contributed by atoms with E-state index in [1.807, 2.05) is 0 Å². The first kappa shape index (κ1) is 14.4. The maximum Gasteiger partial charge on any atom is 0.119 e. The van der Waals surface area contributed by atoms with Gasteiger partial charge in [0.05, 0.1) is 6.61 Å². The van der Waals surface area contributed by atoms with Crippen molar-refractivity contribution >= 4 is 0 Å². The van der Waals surface area contributed by atoms with Crippen LogP contribution in [-0.4, -0.2) is 38.2 Å². The SMILES string of the molecule is CN(C)C(CN)CCOc1ccc2c(c1)CCCC2. The lowest BCUT2D eigenvalue weighted by Crippen LogP contribution is -2.36. The molecular weight excluding hydrogens is 236 g/mol. The van der Waals surface area contributed by atoms with E-state index in [9.17, 15) is 0 Å². The summed E-state index contributed by atoms with van der Waals surface area (Å²) in [7, 11) is 4.13. The van der Waals surface area contributed by atoms with Crippen molar-refractivity contribution in [3.05, 3.63) is 29.3 Å². The molecule has 1 aromatic carbocycles. The summed E-state index contributed by atoms with van der Waals surface area (Å²) >= 11 is 0. The molecule has 0 saturated carbocycles. The van der Waals surface area contributed by atoms with Crippen molar-refractivity contribution in [1.82, 2.24) is 4.90 Å². The summed E-state index contributed by atoms with van der Waals surface area (Å²) in [5.74, 6) is 1.01. The second-order valence-corrected chi connectivity index (χ2v) is 5.63. The van der Waals surface area contributed by atoms with Gasteiger partial charge in [-0.15, -0.1) is 0 Å². The van der Waals surface area contributed by atoms with Gasteiger partial charge in [0.25, 0.3) is 0 Å². The lowest BCUT2D eigenvalue weighted by molar-refractivity contribution is 0.225. The van der Waals surface area contributed by atoms with E-state index < -0.39 is 0 Å². The summed E-state index contributed by atoms with van der Waals surface area (Å²) in [5, 5.41) is 0. The van der Waals surface area contributed by atoms with E-state index in [1.165, 1.54) is 36.8 Å². The van der Waals surface area contributed by atoms with Crippen molar-refractivity contribution in [2.45, 2.75) is 38.1 Å². The number of ether oxygens (including phenoxy) is 1. The van der Waals surface area contributed by atoms with Crippen LogP contribution < -0.4 is 10.5 Å². The zero-order chi connectivity index (χ0) is 13.7. The lowest BCUT2D eigenvalue weighted by Gasteiger charge is -2.23. The van der Waals surface area contributed by atoms with Crippen LogP contribution in [0.5, 0.6) is 5.75 Å². The molecule has 3 heteroatoms. The summed E-state index contributed by atoms with van der Waals surface area (Å²) in [6, 6.07) is 6.97. The van der Waals surface area contributed by atoms with Crippen LogP contribution in [0.3, 0.4) is 0 Å². The van der Waals surface area contributed by atoms with Gasteiger partial charge in [-0.05, 0) is 69.5 Å². The number of nitrogens with two attached hydrogens (primary N) is 1. The van der Waals surface area contributed by atoms with Crippen LogP contribution in [0.15, 0.2) is 18.2 Å². The Kier molecular flexibility index (Phi) is 5.23. The average Bonchev–Trinajstić information content (AvgIpc) is 2.43. The van der Waals surface area contributed by atoms with Crippen LogP contribution in [0, 0.1) is 0 Å². The highest BCUT2D eigenvalue weighted by Gasteiger charge is 2.11. The van der Waals surface area contributed by atoms with E-state index in [2.05, 4.69) is 37.2 Å². The Bertz CT molecular complexity index is 404. The Balaban J connectivity index is 1.86. The Hall–Kier alpha value is -1.06. The molecule has 0 spiro atoms. The Labute approximate surface area is 116 Å². The minimum absolute atomic E-state index is 0.401. The fourth-order valence-electron chi connectivity index (χ4n) is 2.70. The molecule has 0 heterocycles. The number of aryl methyl sites for hydroxylation is 2. The molecule has 0 amide bonds. The molecule has 0 aromatic heterocycles. The number of nitrogens with zero attached hydrogens (tertiary/aromatic N) is 1. The third-order valence-corrected chi connectivity index (χ3v) is 4.04. The highest BCUT2D eigenvalue weighted by Crippen LogP contribution is 2.25. The van der Waals surface area contributed by atoms with E-state index in [0.29, 0.717) is 12.6 Å². The molecule has 1 unspecified atom stereocenters. The maximum atomic E-state index is 5.87. The van der Waals surface area contributed by atoms with E-state index in [1.54, 1.807) is 0 Å². The van der Waals surface area contributed by atoms with Crippen LogP contribution in [0.1, 0.15) is 30.4 Å². The summed E-state index contributed by atoms with van der Waals surface area (Å²) < 4.78 is 5.87. The molecule has 0 saturated heterocycles. The highest BCUT2D eigenvalue weighted by atomic mass is 16.5. The zero-order valence-corrected chi connectivity index (χ0v) is 12.2. The van der Waals surface area contributed by atoms with E-state index in [4.69, 9.17) is 10.5 Å². The van der Waals surface area contributed by atoms with Crippen LogP contribution in [0.4, 0.5) is 0 Å². The van der Waals surface area contributed by atoms with Crippen LogP contribution in [0.25, 0.3) is 0 Å². The van der Waals surface area contributed by atoms with Gasteiger partial charge in [0.2, 0.25) is 0 Å². The zero-order valence-electron chi connectivity index (χ0n) is 12.2. The van der Waals surface area contributed by atoms with E-state index in [0.717, 1.165) is 18.8 Å². The molecule has 0 fully saturated rings. The minimum Gasteiger partial charge on any atom is -0.494 e. The maximum absolute atomic E-state index is 5.87. The predicted octanol–water partition coefficient (Wildman–Crippen LogP) is 2.22. The molecule has 2 N–H and O–H groups in total. The highest BCUT2D eigenvalue weighted by molar-refractivity contribution is 5.37. The first-order valence-electron chi connectivity index (χ1n) is 7.32. The van der Waals surface area contributed by atoms with Gasteiger partial charge in [-0.3, -0.25) is 0 Å². The molecule has 106 valence electrons. The van der Waals surface area contributed by atoms with Crippen molar-refractivity contribution in [3.63, 3.8) is 0 Å². The first-order chi connectivity index (χ1) is 9.20. The fraction of sp³-hybridized carbons (Fsp3) is 0.625. The monoisotopic (exact) mass is 262 g/mol. The molecule has 3 nitrogen and oxygen atoms in total. The molecule has 1 aromatic rings. The number of hydrogen-bond donors (Lipinski definition) is 1. The van der Waals surface area contributed by atoms with Crippen LogP contribution in [-0.2, 0) is 12.8 Å². The Morgan fingerprint density at radius 1 is 1.21 bits per heavy atom. The van der Waals surface area contributed by atoms with Gasteiger partial charge in [0, 0.05) is 12.6 Å². The summed E-state index contributed by atoms with van der Waals surface area (Å²) in [6.45, 7) is 1.42. The number of benzene rings is 1. The van der Waals surface area contributed by atoms with Gasteiger partial charge >= 0.3 is 0 Å². The second-order valence-electron chi connectivity index (χ2n) is 5.63. The van der Waals surface area contributed by atoms with Gasteiger partial charge in [-0.1, -0.05) is 6.07 Å². The van der Waals surface area contributed by atoms with Crippen molar-refractivity contribution in [3.8, 4) is 5.75 Å². The molecule has 0 aliphatic heterocycles. The smallest absolute Gasteiger partial charge is 0.119 e. The molecule has 2 rings (SSSR count). The average molecular weight is 262 g/mol. The number of fused-ring (bicyclic) bond motifs is 1. The summed E-state index contributed by atoms with van der Waals surface area (Å²) in [4.78, 5) is 2.16. The van der Waals surface area contributed by atoms with Crippen LogP contribution in [0.2, 0.25) is 0 Å². The van der Waals surface area contributed by atoms with Crippen molar-refractivity contribution in [1.29, 1.82) is 0 Å². The standard InChI is InChI=1S/C16H26N2O/c1-18(2)15(12-17)9-10-19-16-8-7-13-5-3-4-6-14(13)11-16/h7-8,11,15H,3-6,9-10,12,17H2,1-2H3. The van der Waals surface area contributed by atoms with Gasteiger partial charge in [0.15, 0.2) is 0 Å². The van der Waals surface area contributed by atoms with Crippen molar-refractivity contribution in [2.24, 2.45) is 5.73 Å². The molecule has 0 radical (unpaired) electrons. The molecule has 1 aliphatic carbocycles. The van der Waals surface area contributed by atoms with Gasteiger partial charge < -0.3 is 15.4 Å². The van der Waals surface area contributed by atoms with Gasteiger partial charge in [0.1, 0.15) is 5.75 Å². The lowest BCUT2D eigenvalue weighted by atomic mass is 9.92. The van der Waals surface area contributed by atoms with Gasteiger partial charge in [-0.25, -0.2) is 0 Å². The van der Waals surface area contributed by atoms with Crippen molar-refractivity contribution < 1.29 is 4.74 Å². The van der Waals surface area contributed by atoms with Crippen LogP contribution >= 0.6 is 0 Å². The Morgan fingerprint density at radius 2 is 1.95 bits per heavy atom. The molecule has 1 aliphatic rings. The van der Waals surface area contributed by atoms with Gasteiger partial charge in [-0.2, -0.15) is 0 Å². The molecule has 19 heavy (non-hydrogen) atoms. The number of rotatable bonds is 6. The number of likely N-dealkylation sites (N-methyl/N-ethyl adjacent to an activating group) is 1. The number of hydrogen-bond acceptors (Lipinski definition) is 3. The summed E-state index contributed by atoms with van der Waals surface area (Å²) in [5.41, 5.74) is 8.73. The predicted molar refractivity (Wildman–Crippen MR) is 79.7 cm³/mol. The third kappa shape index (κ3) is 3.95. The molecular formula is C16H26N2O. The van der Waals surface area contributed by atoms with E-state index >= 15 is 0 Å². The largest absolute Gasteiger partial charge is 0.494 e. The van der Waals surface area contributed by atoms with Crippen molar-refractivity contribution in [2.75, 3.05) is 27.2 Å². The quantitative estimate of drug-likeness (QED) is 0.854. The topological polar surface area (TPSA) is 38.5 Å². The minimum atomic E-state index is 0.401. The second kappa shape index (κ2) is 6.92.